The first-order chi connectivity index (χ1) is 13.7. The molecule has 0 aliphatic heterocycles. The van der Waals surface area contributed by atoms with Crippen molar-refractivity contribution in [1.29, 1.82) is 0 Å². The molecule has 3 N–H and O–H groups in total. The predicted molar refractivity (Wildman–Crippen MR) is 116 cm³/mol. The fraction of sp³-hybridized carbons (Fsp3) is 0.286. The third-order valence-electron chi connectivity index (χ3n) is 5.69. The highest BCUT2D eigenvalue weighted by Crippen LogP contribution is 2.37. The molecule has 1 aliphatic rings. The molecule has 6 nitrogen and oxygen atoms in total. The van der Waals surface area contributed by atoms with Gasteiger partial charge < -0.3 is 15.6 Å². The van der Waals surface area contributed by atoms with Crippen molar-refractivity contribution in [2.45, 2.75) is 25.3 Å². The molecule has 1 aliphatic carbocycles. The Hall–Kier alpha value is -2.67. The number of halogens is 1. The fourth-order valence-corrected chi connectivity index (χ4v) is 4.59. The van der Waals surface area contributed by atoms with E-state index in [9.17, 15) is 0 Å². The number of hydrogen-bond acceptors (Lipinski definition) is 5. The van der Waals surface area contributed by atoms with Crippen LogP contribution < -0.4 is 11.1 Å². The van der Waals surface area contributed by atoms with Crippen molar-refractivity contribution in [3.8, 4) is 0 Å². The summed E-state index contributed by atoms with van der Waals surface area (Å²) in [6.07, 6.45) is 8.99. The number of nitrogen functional groups attached to an aromatic ring is 1. The Labute approximate surface area is 171 Å². The fourth-order valence-electron chi connectivity index (χ4n) is 4.24. The second-order valence-corrected chi connectivity index (χ2v) is 8.41. The average Bonchev–Trinajstić information content (AvgIpc) is 3.33. The Morgan fingerprint density at radius 2 is 2.07 bits per heavy atom. The van der Waals surface area contributed by atoms with Gasteiger partial charge in [-0.2, -0.15) is 0 Å². The van der Waals surface area contributed by atoms with Crippen molar-refractivity contribution in [1.82, 2.24) is 19.5 Å². The van der Waals surface area contributed by atoms with Gasteiger partial charge in [-0.05, 0) is 65.4 Å². The normalized spacial score (nSPS) is 19.5. The number of nitrogens with zero attached hydrogens (tertiary/aromatic N) is 4. The van der Waals surface area contributed by atoms with Gasteiger partial charge in [-0.3, -0.25) is 4.98 Å². The highest BCUT2D eigenvalue weighted by molar-refractivity contribution is 9.10. The van der Waals surface area contributed by atoms with E-state index in [0.717, 1.165) is 51.5 Å². The quantitative estimate of drug-likeness (QED) is 0.480. The zero-order chi connectivity index (χ0) is 19.1. The smallest absolute Gasteiger partial charge is 0.145 e. The molecule has 5 rings (SSSR count). The van der Waals surface area contributed by atoms with Crippen LogP contribution in [0.2, 0.25) is 0 Å². The second-order valence-electron chi connectivity index (χ2n) is 7.49. The van der Waals surface area contributed by atoms with Gasteiger partial charge >= 0.3 is 0 Å². The molecule has 3 aromatic heterocycles. The van der Waals surface area contributed by atoms with E-state index in [0.29, 0.717) is 17.8 Å². The van der Waals surface area contributed by atoms with E-state index in [1.807, 2.05) is 12.3 Å². The van der Waals surface area contributed by atoms with Gasteiger partial charge in [0.05, 0.1) is 10.9 Å². The number of pyridine rings is 1. The Morgan fingerprint density at radius 1 is 1.14 bits per heavy atom. The van der Waals surface area contributed by atoms with Crippen molar-refractivity contribution in [2.24, 2.45) is 5.92 Å². The minimum absolute atomic E-state index is 0.467. The minimum atomic E-state index is 0.467. The van der Waals surface area contributed by atoms with Gasteiger partial charge in [0.15, 0.2) is 0 Å². The van der Waals surface area contributed by atoms with Crippen molar-refractivity contribution in [2.75, 3.05) is 17.6 Å². The summed E-state index contributed by atoms with van der Waals surface area (Å²) in [5, 5.41) is 5.68. The average molecular weight is 437 g/mol. The SMILES string of the molecule is Nc1ncnc2c1ccn2[C@H]1CC[C@@H](CNc2ccc3cc(Br)cnc3c2)C1. The lowest BCUT2D eigenvalue weighted by molar-refractivity contribution is 0.496. The van der Waals surface area contributed by atoms with Crippen LogP contribution in [0.15, 0.2) is 53.5 Å². The molecule has 4 aromatic rings. The first-order valence-corrected chi connectivity index (χ1v) is 10.3. The number of rotatable bonds is 4. The molecule has 7 heteroatoms. The molecular formula is C21H21BrN6. The zero-order valence-corrected chi connectivity index (χ0v) is 16.9. The molecule has 0 bridgehead atoms. The first-order valence-electron chi connectivity index (χ1n) is 9.53. The first kappa shape index (κ1) is 17.4. The number of fused-ring (bicyclic) bond motifs is 2. The lowest BCUT2D eigenvalue weighted by atomic mass is 10.1. The van der Waals surface area contributed by atoms with Crippen LogP contribution >= 0.6 is 15.9 Å². The Morgan fingerprint density at radius 3 is 3.00 bits per heavy atom. The van der Waals surface area contributed by atoms with Gasteiger partial charge in [0.2, 0.25) is 0 Å². The summed E-state index contributed by atoms with van der Waals surface area (Å²) in [4.78, 5) is 13.0. The van der Waals surface area contributed by atoms with E-state index in [2.05, 4.69) is 71.2 Å². The topological polar surface area (TPSA) is 81.6 Å². The van der Waals surface area contributed by atoms with Crippen LogP contribution in [0, 0.1) is 5.92 Å². The van der Waals surface area contributed by atoms with Crippen molar-refractivity contribution in [3.05, 3.63) is 53.5 Å². The van der Waals surface area contributed by atoms with Gasteiger partial charge in [0.25, 0.3) is 0 Å². The summed E-state index contributed by atoms with van der Waals surface area (Å²) >= 11 is 3.47. The third kappa shape index (κ3) is 3.20. The van der Waals surface area contributed by atoms with Gasteiger partial charge in [0.1, 0.15) is 17.8 Å². The molecule has 28 heavy (non-hydrogen) atoms. The highest BCUT2D eigenvalue weighted by atomic mass is 79.9. The number of anilines is 2. The minimum Gasteiger partial charge on any atom is -0.385 e. The van der Waals surface area contributed by atoms with Crippen LogP contribution in [0.4, 0.5) is 11.5 Å². The van der Waals surface area contributed by atoms with E-state index in [1.54, 1.807) is 6.33 Å². The Kier molecular flexibility index (Phi) is 4.39. The van der Waals surface area contributed by atoms with Crippen LogP contribution in [0.3, 0.4) is 0 Å². The number of nitrogens with two attached hydrogens (primary N) is 1. The molecule has 0 amide bonds. The zero-order valence-electron chi connectivity index (χ0n) is 15.3. The third-order valence-corrected chi connectivity index (χ3v) is 6.13. The van der Waals surface area contributed by atoms with E-state index in [1.165, 1.54) is 6.42 Å². The number of aromatic nitrogens is 4. The molecule has 0 saturated heterocycles. The van der Waals surface area contributed by atoms with Crippen LogP contribution in [0.1, 0.15) is 25.3 Å². The van der Waals surface area contributed by atoms with Crippen molar-refractivity contribution in [3.63, 3.8) is 0 Å². The second kappa shape index (κ2) is 7.05. The van der Waals surface area contributed by atoms with Crippen LogP contribution in [-0.2, 0) is 0 Å². The van der Waals surface area contributed by atoms with Gasteiger partial charge in [-0.25, -0.2) is 9.97 Å². The summed E-state index contributed by atoms with van der Waals surface area (Å²) in [6, 6.07) is 10.9. The van der Waals surface area contributed by atoms with Gasteiger partial charge in [0, 0.05) is 40.5 Å². The summed E-state index contributed by atoms with van der Waals surface area (Å²) in [7, 11) is 0. The van der Waals surface area contributed by atoms with Crippen LogP contribution in [0.25, 0.3) is 21.9 Å². The molecule has 0 unspecified atom stereocenters. The van der Waals surface area contributed by atoms with Crippen LogP contribution in [0.5, 0.6) is 0 Å². The molecule has 142 valence electrons. The van der Waals surface area contributed by atoms with Crippen LogP contribution in [-0.4, -0.2) is 26.1 Å². The summed E-state index contributed by atoms with van der Waals surface area (Å²) in [5.41, 5.74) is 9.05. The number of hydrogen-bond donors (Lipinski definition) is 2. The summed E-state index contributed by atoms with van der Waals surface area (Å²) in [6.45, 7) is 0.967. The van der Waals surface area contributed by atoms with Crippen molar-refractivity contribution < 1.29 is 0 Å². The summed E-state index contributed by atoms with van der Waals surface area (Å²) in [5.74, 6) is 1.19. The predicted octanol–water partition coefficient (Wildman–Crippen LogP) is 4.78. The molecule has 0 radical (unpaired) electrons. The Balaban J connectivity index is 1.26. The highest BCUT2D eigenvalue weighted by Gasteiger charge is 2.27. The molecule has 1 aromatic carbocycles. The molecule has 1 fully saturated rings. The molecular weight excluding hydrogens is 416 g/mol. The maximum absolute atomic E-state index is 5.97. The largest absolute Gasteiger partial charge is 0.385 e. The summed E-state index contributed by atoms with van der Waals surface area (Å²) < 4.78 is 3.27. The molecule has 2 atom stereocenters. The van der Waals surface area contributed by atoms with Gasteiger partial charge in [-0.15, -0.1) is 0 Å². The molecule has 0 spiro atoms. The molecule has 3 heterocycles. The standard InChI is InChI=1S/C21H21BrN6/c22-15-8-14-2-3-16(9-19(14)25-11-15)24-10-13-1-4-17(7-13)28-6-5-18-20(23)26-12-27-21(18)28/h2-3,5-6,8-9,11-13,17,24H,1,4,7,10H2,(H2,23,26,27)/t13-,17+/m1/s1. The van der Waals surface area contributed by atoms with Crippen molar-refractivity contribution >= 4 is 49.4 Å². The van der Waals surface area contributed by atoms with E-state index < -0.39 is 0 Å². The maximum atomic E-state index is 5.97. The lowest BCUT2D eigenvalue weighted by Crippen LogP contribution is -2.12. The monoisotopic (exact) mass is 436 g/mol. The van der Waals surface area contributed by atoms with Gasteiger partial charge in [-0.1, -0.05) is 6.07 Å². The van der Waals surface area contributed by atoms with E-state index in [4.69, 9.17) is 5.73 Å². The maximum Gasteiger partial charge on any atom is 0.145 e. The Bertz CT molecular complexity index is 1150. The van der Waals surface area contributed by atoms with E-state index in [-0.39, 0.29) is 0 Å². The number of benzene rings is 1. The van der Waals surface area contributed by atoms with E-state index >= 15 is 0 Å². The lowest BCUT2D eigenvalue weighted by Gasteiger charge is -2.15. The number of nitrogens with one attached hydrogen (secondary N) is 1. The molecule has 1 saturated carbocycles.